The van der Waals surface area contributed by atoms with Crippen molar-refractivity contribution in [2.45, 2.75) is 13.1 Å². The molecular weight excluding hydrogens is 380 g/mol. The highest BCUT2D eigenvalue weighted by Crippen LogP contribution is 2.05. The Bertz CT molecular complexity index is 701. The van der Waals surface area contributed by atoms with Crippen molar-refractivity contribution >= 4 is 10.4 Å². The molecule has 0 aromatic heterocycles. The number of benzene rings is 2. The topological polar surface area (TPSA) is 89.5 Å². The first kappa shape index (κ1) is 26.2. The molecule has 0 N–H and O–H groups in total. The minimum Gasteiger partial charge on any atom is -0.726 e. The largest absolute Gasteiger partial charge is 0.726 e. The molecular formula is C20H32N2O5S. The Kier molecular flexibility index (Phi) is 11.1. The van der Waals surface area contributed by atoms with E-state index in [1.807, 2.05) is 0 Å². The summed E-state index contributed by atoms with van der Waals surface area (Å²) in [4.78, 5) is 0. The van der Waals surface area contributed by atoms with E-state index in [0.717, 1.165) is 22.1 Å². The van der Waals surface area contributed by atoms with Crippen molar-refractivity contribution in [3.63, 3.8) is 0 Å². The maximum absolute atomic E-state index is 8.91. The van der Waals surface area contributed by atoms with Gasteiger partial charge in [0.15, 0.2) is 0 Å². The van der Waals surface area contributed by atoms with Crippen LogP contribution in [0.1, 0.15) is 11.1 Å². The summed E-state index contributed by atoms with van der Waals surface area (Å²) in [6.45, 7) is 2.20. The molecule has 0 atom stereocenters. The van der Waals surface area contributed by atoms with Gasteiger partial charge in [-0.15, -0.1) is 0 Å². The third-order valence-electron chi connectivity index (χ3n) is 3.08. The lowest BCUT2D eigenvalue weighted by atomic mass is 10.2. The van der Waals surface area contributed by atoms with E-state index in [2.05, 4.69) is 107 Å². The fraction of sp³-hybridized carbons (Fsp3) is 0.400. The summed E-state index contributed by atoms with van der Waals surface area (Å²) < 4.78 is 30.8. The van der Waals surface area contributed by atoms with Gasteiger partial charge in [0.2, 0.25) is 10.4 Å². The summed E-state index contributed by atoms with van der Waals surface area (Å²) in [5, 5.41) is 8.55. The molecule has 2 rings (SSSR count). The Balaban J connectivity index is 0.000000411. The summed E-state index contributed by atoms with van der Waals surface area (Å²) in [7, 11) is 8.24. The number of rotatable bonds is 5. The van der Waals surface area contributed by atoms with Crippen molar-refractivity contribution in [1.29, 1.82) is 0 Å². The summed E-state index contributed by atoms with van der Waals surface area (Å²) in [5.74, 6) is 0. The van der Waals surface area contributed by atoms with Gasteiger partial charge < -0.3 is 23.1 Å². The highest BCUT2D eigenvalue weighted by atomic mass is 32.3. The van der Waals surface area contributed by atoms with Crippen LogP contribution in [0.3, 0.4) is 0 Å². The van der Waals surface area contributed by atoms with Crippen LogP contribution in [0, 0.1) is 0 Å². The van der Waals surface area contributed by atoms with Crippen LogP contribution in [0.2, 0.25) is 0 Å². The Morgan fingerprint density at radius 2 is 0.964 bits per heavy atom. The molecule has 0 unspecified atom stereocenters. The lowest BCUT2D eigenvalue weighted by Crippen LogP contribution is -2.33. The van der Waals surface area contributed by atoms with Crippen LogP contribution in [-0.4, -0.2) is 64.2 Å². The molecule has 0 saturated carbocycles. The van der Waals surface area contributed by atoms with Gasteiger partial charge in [0, 0.05) is 11.1 Å². The molecule has 0 aliphatic heterocycles. The van der Waals surface area contributed by atoms with Gasteiger partial charge >= 0.3 is 0 Å². The first-order chi connectivity index (χ1) is 12.7. The number of quaternary nitrogens is 2. The van der Waals surface area contributed by atoms with E-state index in [1.54, 1.807) is 0 Å². The quantitative estimate of drug-likeness (QED) is 0.244. The zero-order valence-electron chi connectivity index (χ0n) is 17.5. The first-order valence-corrected chi connectivity index (χ1v) is 10.0. The van der Waals surface area contributed by atoms with Crippen molar-refractivity contribution in [2.75, 3.05) is 42.3 Å². The van der Waals surface area contributed by atoms with E-state index >= 15 is 0 Å². The van der Waals surface area contributed by atoms with Crippen LogP contribution < -0.4 is 5.26 Å². The summed E-state index contributed by atoms with van der Waals surface area (Å²) >= 11 is 0. The van der Waals surface area contributed by atoms with Crippen molar-refractivity contribution in [3.8, 4) is 0 Å². The van der Waals surface area contributed by atoms with Gasteiger partial charge in [-0.05, 0) is 0 Å². The lowest BCUT2D eigenvalue weighted by Gasteiger charge is -2.23. The predicted molar refractivity (Wildman–Crippen MR) is 107 cm³/mol. The average Bonchev–Trinajstić information content (AvgIpc) is 2.54. The molecule has 2 aromatic rings. The summed E-state index contributed by atoms with van der Waals surface area (Å²) in [6, 6.07) is 21.1. The molecule has 0 amide bonds. The van der Waals surface area contributed by atoms with Crippen LogP contribution in [0.5, 0.6) is 0 Å². The smallest absolute Gasteiger partial charge is 0.208 e. The van der Waals surface area contributed by atoms with Crippen molar-refractivity contribution in [1.82, 2.24) is 0 Å². The SMILES string of the molecule is C[N+](C)(C)Cc1ccccc1.C[N+](C)(C)Cc1ccccc1.O=S(=O)([O-])O[O-]. The normalized spacial score (nSPS) is 11.6. The van der Waals surface area contributed by atoms with E-state index in [9.17, 15) is 0 Å². The second-order valence-corrected chi connectivity index (χ2v) is 9.30. The van der Waals surface area contributed by atoms with Crippen LogP contribution in [-0.2, 0) is 27.8 Å². The third kappa shape index (κ3) is 17.6. The predicted octanol–water partition coefficient (Wildman–Crippen LogP) is 1.52. The Labute approximate surface area is 169 Å². The molecule has 0 aliphatic carbocycles. The zero-order valence-corrected chi connectivity index (χ0v) is 18.3. The van der Waals surface area contributed by atoms with Crippen molar-refractivity contribution < 1.29 is 31.5 Å². The molecule has 0 aliphatic rings. The van der Waals surface area contributed by atoms with Crippen LogP contribution in [0.15, 0.2) is 60.7 Å². The van der Waals surface area contributed by atoms with E-state index < -0.39 is 10.4 Å². The second-order valence-electron chi connectivity index (χ2n) is 8.34. The molecule has 0 bridgehead atoms. The molecule has 0 radical (unpaired) electrons. The summed E-state index contributed by atoms with van der Waals surface area (Å²) in [5.41, 5.74) is 2.81. The molecule has 8 heteroatoms. The van der Waals surface area contributed by atoms with Crippen LogP contribution in [0.25, 0.3) is 0 Å². The molecule has 7 nitrogen and oxygen atoms in total. The number of hydrogen-bond donors (Lipinski definition) is 0. The fourth-order valence-electron chi connectivity index (χ4n) is 2.26. The fourth-order valence-corrected chi connectivity index (χ4v) is 2.26. The maximum Gasteiger partial charge on any atom is 0.208 e. The molecule has 0 saturated heterocycles. The van der Waals surface area contributed by atoms with E-state index in [0.29, 0.717) is 0 Å². The van der Waals surface area contributed by atoms with Gasteiger partial charge in [0.25, 0.3) is 0 Å². The Morgan fingerprint density at radius 1 is 0.714 bits per heavy atom. The molecule has 2 aromatic carbocycles. The summed E-state index contributed by atoms with van der Waals surface area (Å²) in [6.07, 6.45) is 0. The van der Waals surface area contributed by atoms with Gasteiger partial charge in [0.05, 0.1) is 42.3 Å². The van der Waals surface area contributed by atoms with Gasteiger partial charge in [-0.3, -0.25) is 0 Å². The Hall–Kier alpha value is -1.81. The zero-order chi connectivity index (χ0) is 21.8. The Morgan fingerprint density at radius 3 is 1.14 bits per heavy atom. The third-order valence-corrected chi connectivity index (χ3v) is 3.25. The lowest BCUT2D eigenvalue weighted by molar-refractivity contribution is -0.884. The average molecular weight is 413 g/mol. The molecule has 0 fully saturated rings. The minimum absolute atomic E-state index is 0.990. The monoisotopic (exact) mass is 412 g/mol. The van der Waals surface area contributed by atoms with Crippen molar-refractivity contribution in [3.05, 3.63) is 71.8 Å². The molecule has 28 heavy (non-hydrogen) atoms. The van der Waals surface area contributed by atoms with Crippen molar-refractivity contribution in [2.24, 2.45) is 0 Å². The van der Waals surface area contributed by atoms with E-state index in [4.69, 9.17) is 18.2 Å². The highest BCUT2D eigenvalue weighted by molar-refractivity contribution is 7.80. The van der Waals surface area contributed by atoms with Gasteiger partial charge in [-0.2, -0.15) is 0 Å². The first-order valence-electron chi connectivity index (χ1n) is 8.68. The van der Waals surface area contributed by atoms with E-state index in [1.165, 1.54) is 11.1 Å². The standard InChI is InChI=1S/2C10H16N.H2O5S/c2*1-11(2,3)9-10-7-5-4-6-8-10;1-5-6(2,3)4/h2*4-8H,9H2,1-3H3;1H,(H,2,3,4)/q2*+1;/p-2. The van der Waals surface area contributed by atoms with Crippen LogP contribution >= 0.6 is 0 Å². The number of nitrogens with zero attached hydrogens (tertiary/aromatic N) is 2. The number of hydrogen-bond acceptors (Lipinski definition) is 5. The minimum atomic E-state index is -4.97. The van der Waals surface area contributed by atoms with E-state index in [-0.39, 0.29) is 0 Å². The highest BCUT2D eigenvalue weighted by Gasteiger charge is 2.07. The molecule has 0 spiro atoms. The van der Waals surface area contributed by atoms with Gasteiger partial charge in [-0.25, -0.2) is 8.42 Å². The molecule has 0 heterocycles. The van der Waals surface area contributed by atoms with Gasteiger partial charge in [-0.1, -0.05) is 60.7 Å². The second kappa shape index (κ2) is 11.9. The maximum atomic E-state index is 8.91. The van der Waals surface area contributed by atoms with Crippen LogP contribution in [0.4, 0.5) is 0 Å². The molecule has 158 valence electrons. The van der Waals surface area contributed by atoms with Gasteiger partial charge in [0.1, 0.15) is 13.1 Å².